The molecule has 2 saturated carbocycles. The van der Waals surface area contributed by atoms with Gasteiger partial charge in [0.1, 0.15) is 0 Å². The Morgan fingerprint density at radius 2 is 2.11 bits per heavy atom. The molecule has 0 amide bonds. The predicted octanol–water partition coefficient (Wildman–Crippen LogP) is 2.26. The average Bonchev–Trinajstić information content (AvgIpc) is 2.94. The van der Waals surface area contributed by atoms with E-state index >= 15 is 0 Å². The molecule has 4 atom stereocenters. The van der Waals surface area contributed by atoms with Gasteiger partial charge in [-0.3, -0.25) is 4.90 Å². The molecule has 1 N–H and O–H groups in total. The Hall–Kier alpha value is -0.120. The van der Waals surface area contributed by atoms with Crippen molar-refractivity contribution in [3.8, 4) is 0 Å². The first-order chi connectivity index (χ1) is 9.12. The van der Waals surface area contributed by atoms with Gasteiger partial charge in [-0.05, 0) is 50.5 Å². The highest BCUT2D eigenvalue weighted by Crippen LogP contribution is 2.42. The van der Waals surface area contributed by atoms with Crippen LogP contribution in [0, 0.1) is 11.3 Å². The minimum absolute atomic E-state index is 0.459. The molecular formula is C16H30N2O. The molecule has 3 rings (SSSR count). The summed E-state index contributed by atoms with van der Waals surface area (Å²) in [6.45, 7) is 8.22. The van der Waals surface area contributed by atoms with Gasteiger partial charge in [-0.25, -0.2) is 0 Å². The summed E-state index contributed by atoms with van der Waals surface area (Å²) >= 11 is 0. The smallest absolute Gasteiger partial charge is 0.0730 e. The first-order valence-corrected chi connectivity index (χ1v) is 8.15. The van der Waals surface area contributed by atoms with Crippen molar-refractivity contribution in [3.05, 3.63) is 0 Å². The molecule has 3 heteroatoms. The fraction of sp³-hybridized carbons (Fsp3) is 1.00. The van der Waals surface area contributed by atoms with Crippen LogP contribution < -0.4 is 5.32 Å². The minimum atomic E-state index is 0.459. The number of hydrogen-bond donors (Lipinski definition) is 1. The maximum absolute atomic E-state index is 5.93. The van der Waals surface area contributed by atoms with Gasteiger partial charge in [0.15, 0.2) is 0 Å². The van der Waals surface area contributed by atoms with E-state index in [0.29, 0.717) is 17.6 Å². The van der Waals surface area contributed by atoms with E-state index in [1.54, 1.807) is 0 Å². The van der Waals surface area contributed by atoms with Gasteiger partial charge in [0.2, 0.25) is 0 Å². The molecule has 0 aromatic heterocycles. The van der Waals surface area contributed by atoms with Crippen molar-refractivity contribution >= 4 is 0 Å². The third-order valence-corrected chi connectivity index (χ3v) is 5.85. The second-order valence-electron chi connectivity index (χ2n) is 7.46. The van der Waals surface area contributed by atoms with Crippen LogP contribution in [0.1, 0.15) is 46.0 Å². The Kier molecular flexibility index (Phi) is 3.89. The molecule has 0 aromatic rings. The normalized spacial score (nSPS) is 42.5. The van der Waals surface area contributed by atoms with Gasteiger partial charge >= 0.3 is 0 Å². The third-order valence-electron chi connectivity index (χ3n) is 5.85. The minimum Gasteiger partial charge on any atom is -0.375 e. The number of morpholine rings is 1. The highest BCUT2D eigenvalue weighted by Gasteiger charge is 2.43. The molecule has 4 unspecified atom stereocenters. The Labute approximate surface area is 118 Å². The monoisotopic (exact) mass is 266 g/mol. The van der Waals surface area contributed by atoms with E-state index in [2.05, 4.69) is 31.1 Å². The van der Waals surface area contributed by atoms with Crippen molar-refractivity contribution in [2.75, 3.05) is 26.7 Å². The first kappa shape index (κ1) is 13.8. The van der Waals surface area contributed by atoms with Crippen LogP contribution in [0.3, 0.4) is 0 Å². The number of hydrogen-bond acceptors (Lipinski definition) is 3. The molecule has 3 aliphatic rings. The topological polar surface area (TPSA) is 24.5 Å². The Balaban J connectivity index is 1.64. The highest BCUT2D eigenvalue weighted by atomic mass is 16.5. The van der Waals surface area contributed by atoms with Gasteiger partial charge in [-0.2, -0.15) is 0 Å². The number of fused-ring (bicyclic) bond motifs is 1. The zero-order chi connectivity index (χ0) is 13.5. The van der Waals surface area contributed by atoms with E-state index in [4.69, 9.17) is 4.74 Å². The molecule has 110 valence electrons. The van der Waals surface area contributed by atoms with Crippen LogP contribution in [-0.2, 0) is 4.74 Å². The molecule has 1 aliphatic heterocycles. The predicted molar refractivity (Wildman–Crippen MR) is 78.3 cm³/mol. The van der Waals surface area contributed by atoms with Crippen molar-refractivity contribution in [1.82, 2.24) is 10.2 Å². The summed E-state index contributed by atoms with van der Waals surface area (Å²) in [4.78, 5) is 2.75. The van der Waals surface area contributed by atoms with Crippen LogP contribution in [0.15, 0.2) is 0 Å². The summed E-state index contributed by atoms with van der Waals surface area (Å²) in [6.07, 6.45) is 7.28. The van der Waals surface area contributed by atoms with Gasteiger partial charge < -0.3 is 10.1 Å². The maximum atomic E-state index is 5.93. The second-order valence-corrected chi connectivity index (χ2v) is 7.46. The molecule has 19 heavy (non-hydrogen) atoms. The van der Waals surface area contributed by atoms with Crippen LogP contribution >= 0.6 is 0 Å². The van der Waals surface area contributed by atoms with E-state index in [0.717, 1.165) is 25.1 Å². The third kappa shape index (κ3) is 2.57. The van der Waals surface area contributed by atoms with Crippen LogP contribution in [0.2, 0.25) is 0 Å². The summed E-state index contributed by atoms with van der Waals surface area (Å²) in [7, 11) is 2.14. The Morgan fingerprint density at radius 3 is 2.89 bits per heavy atom. The standard InChI is InChI=1S/C16H30N2O/c1-16(2)8-7-12(15(16)17-3)11-18-9-10-19-14-6-4-5-13(14)18/h12-15,17H,4-11H2,1-3H3. The Bertz CT molecular complexity index is 318. The lowest BCUT2D eigenvalue weighted by molar-refractivity contribution is -0.0614. The van der Waals surface area contributed by atoms with Crippen molar-refractivity contribution in [1.29, 1.82) is 0 Å². The fourth-order valence-corrected chi connectivity index (χ4v) is 4.87. The van der Waals surface area contributed by atoms with Crippen LogP contribution in [0.25, 0.3) is 0 Å². The van der Waals surface area contributed by atoms with Gasteiger partial charge in [0, 0.05) is 25.2 Å². The largest absolute Gasteiger partial charge is 0.375 e. The maximum Gasteiger partial charge on any atom is 0.0730 e. The summed E-state index contributed by atoms with van der Waals surface area (Å²) in [5.41, 5.74) is 0.459. The quantitative estimate of drug-likeness (QED) is 0.848. The zero-order valence-corrected chi connectivity index (χ0v) is 12.8. The second kappa shape index (κ2) is 5.34. The summed E-state index contributed by atoms with van der Waals surface area (Å²) in [5, 5.41) is 3.60. The summed E-state index contributed by atoms with van der Waals surface area (Å²) in [6, 6.07) is 1.39. The lowest BCUT2D eigenvalue weighted by atomic mass is 9.84. The molecule has 1 heterocycles. The number of rotatable bonds is 3. The molecule has 1 saturated heterocycles. The SMILES string of the molecule is CNC1C(CN2CCOC3CCCC32)CCC1(C)C. The molecule has 3 nitrogen and oxygen atoms in total. The van der Waals surface area contributed by atoms with E-state index < -0.39 is 0 Å². The first-order valence-electron chi connectivity index (χ1n) is 8.15. The lowest BCUT2D eigenvalue weighted by Gasteiger charge is -2.40. The van der Waals surface area contributed by atoms with Gasteiger partial charge in [-0.1, -0.05) is 13.8 Å². The van der Waals surface area contributed by atoms with Crippen LogP contribution in [0.4, 0.5) is 0 Å². The van der Waals surface area contributed by atoms with Gasteiger partial charge in [-0.15, -0.1) is 0 Å². The van der Waals surface area contributed by atoms with E-state index in [-0.39, 0.29) is 0 Å². The number of nitrogens with one attached hydrogen (secondary N) is 1. The molecule has 0 bridgehead atoms. The van der Waals surface area contributed by atoms with Crippen molar-refractivity contribution in [2.45, 2.75) is 64.1 Å². The lowest BCUT2D eigenvalue weighted by Crippen LogP contribution is -2.52. The van der Waals surface area contributed by atoms with E-state index in [1.165, 1.54) is 38.6 Å². The van der Waals surface area contributed by atoms with Crippen molar-refractivity contribution < 1.29 is 4.74 Å². The Morgan fingerprint density at radius 1 is 1.26 bits per heavy atom. The molecule has 0 aromatic carbocycles. The van der Waals surface area contributed by atoms with Gasteiger partial charge in [0.05, 0.1) is 12.7 Å². The average molecular weight is 266 g/mol. The zero-order valence-electron chi connectivity index (χ0n) is 12.8. The molecule has 3 fully saturated rings. The summed E-state index contributed by atoms with van der Waals surface area (Å²) < 4.78 is 5.93. The molecular weight excluding hydrogens is 236 g/mol. The van der Waals surface area contributed by atoms with Crippen LogP contribution in [-0.4, -0.2) is 49.8 Å². The molecule has 0 spiro atoms. The van der Waals surface area contributed by atoms with Gasteiger partial charge in [0.25, 0.3) is 0 Å². The van der Waals surface area contributed by atoms with Crippen LogP contribution in [0.5, 0.6) is 0 Å². The fourth-order valence-electron chi connectivity index (χ4n) is 4.87. The number of nitrogens with zero attached hydrogens (tertiary/aromatic N) is 1. The highest BCUT2D eigenvalue weighted by molar-refractivity contribution is 4.98. The van der Waals surface area contributed by atoms with Crippen molar-refractivity contribution in [3.63, 3.8) is 0 Å². The number of ether oxygens (including phenoxy) is 1. The van der Waals surface area contributed by atoms with Crippen molar-refractivity contribution in [2.24, 2.45) is 11.3 Å². The van der Waals surface area contributed by atoms with E-state index in [9.17, 15) is 0 Å². The van der Waals surface area contributed by atoms with E-state index in [1.807, 2.05) is 0 Å². The molecule has 2 aliphatic carbocycles. The summed E-state index contributed by atoms with van der Waals surface area (Å²) in [5.74, 6) is 0.819. The molecule has 0 radical (unpaired) electrons.